The van der Waals surface area contributed by atoms with Gasteiger partial charge in [0.25, 0.3) is 0 Å². The van der Waals surface area contributed by atoms with Gasteiger partial charge in [0.2, 0.25) is 5.91 Å². The quantitative estimate of drug-likeness (QED) is 0.877. The Morgan fingerprint density at radius 1 is 1.29 bits per heavy atom. The number of ether oxygens (including phenoxy) is 1. The van der Waals surface area contributed by atoms with Crippen LogP contribution in [0.1, 0.15) is 43.7 Å². The van der Waals surface area contributed by atoms with E-state index in [1.54, 1.807) is 0 Å². The third-order valence-electron chi connectivity index (χ3n) is 4.79. The van der Waals surface area contributed by atoms with Gasteiger partial charge in [0.05, 0.1) is 12.1 Å². The van der Waals surface area contributed by atoms with Crippen molar-refractivity contribution >= 4 is 29.9 Å². The zero-order chi connectivity index (χ0) is 16.1. The van der Waals surface area contributed by atoms with Gasteiger partial charge < -0.3 is 15.0 Å². The van der Waals surface area contributed by atoms with Gasteiger partial charge in [-0.15, -0.1) is 12.4 Å². The van der Waals surface area contributed by atoms with Crippen molar-refractivity contribution in [3.05, 3.63) is 34.9 Å². The number of rotatable bonds is 4. The van der Waals surface area contributed by atoms with E-state index in [4.69, 9.17) is 16.3 Å². The van der Waals surface area contributed by atoms with Crippen LogP contribution < -0.4 is 5.32 Å². The van der Waals surface area contributed by atoms with E-state index in [1.165, 1.54) is 19.3 Å². The predicted octanol–water partition coefficient (Wildman–Crippen LogP) is 3.58. The first-order valence-corrected chi connectivity index (χ1v) is 8.99. The van der Waals surface area contributed by atoms with Crippen LogP contribution in [0.25, 0.3) is 0 Å². The lowest BCUT2D eigenvalue weighted by Gasteiger charge is -2.37. The Bertz CT molecular complexity index is 536. The first-order valence-electron chi connectivity index (χ1n) is 8.61. The fourth-order valence-corrected chi connectivity index (χ4v) is 3.72. The van der Waals surface area contributed by atoms with Gasteiger partial charge in [-0.25, -0.2) is 0 Å². The first kappa shape index (κ1) is 19.5. The summed E-state index contributed by atoms with van der Waals surface area (Å²) in [5, 5.41) is 4.07. The minimum Gasteiger partial charge on any atom is -0.368 e. The molecule has 1 heterocycles. The Morgan fingerprint density at radius 3 is 2.83 bits per heavy atom. The van der Waals surface area contributed by atoms with E-state index in [-0.39, 0.29) is 37.1 Å². The van der Waals surface area contributed by atoms with E-state index in [1.807, 2.05) is 29.2 Å². The second-order valence-electron chi connectivity index (χ2n) is 6.43. The molecule has 1 N–H and O–H groups in total. The zero-order valence-corrected chi connectivity index (χ0v) is 15.5. The SMILES string of the molecule is Cl.O=C(COC1CCCCC1)N1CCNCC1c1cccc(Cl)c1. The van der Waals surface area contributed by atoms with E-state index in [0.29, 0.717) is 11.6 Å². The second kappa shape index (κ2) is 9.62. The smallest absolute Gasteiger partial charge is 0.249 e. The molecule has 1 aliphatic carbocycles. The van der Waals surface area contributed by atoms with Gasteiger partial charge in [-0.1, -0.05) is 43.0 Å². The van der Waals surface area contributed by atoms with Crippen LogP contribution in [0.3, 0.4) is 0 Å². The molecule has 1 saturated carbocycles. The Balaban J connectivity index is 0.00000208. The van der Waals surface area contributed by atoms with Crippen molar-refractivity contribution in [3.63, 3.8) is 0 Å². The topological polar surface area (TPSA) is 41.6 Å². The fourth-order valence-electron chi connectivity index (χ4n) is 3.52. The second-order valence-corrected chi connectivity index (χ2v) is 6.87. The van der Waals surface area contributed by atoms with Crippen LogP contribution in [-0.2, 0) is 9.53 Å². The standard InChI is InChI=1S/C18H25ClN2O2.ClH/c19-15-6-4-5-14(11-15)17-12-20-9-10-21(17)18(22)13-23-16-7-2-1-3-8-16;/h4-6,11,16-17,20H,1-3,7-10,12-13H2;1H. The number of carbonyl (C=O) groups is 1. The molecular formula is C18H26Cl2N2O2. The highest BCUT2D eigenvalue weighted by molar-refractivity contribution is 6.30. The molecule has 1 aliphatic heterocycles. The van der Waals surface area contributed by atoms with Gasteiger partial charge in [0.15, 0.2) is 0 Å². The summed E-state index contributed by atoms with van der Waals surface area (Å²) >= 11 is 6.11. The number of nitrogens with zero attached hydrogens (tertiary/aromatic N) is 1. The van der Waals surface area contributed by atoms with Crippen LogP contribution in [0.4, 0.5) is 0 Å². The lowest BCUT2D eigenvalue weighted by Crippen LogP contribution is -2.50. The highest BCUT2D eigenvalue weighted by Gasteiger charge is 2.28. The molecule has 1 unspecified atom stereocenters. The molecular weight excluding hydrogens is 347 g/mol. The maximum atomic E-state index is 12.6. The van der Waals surface area contributed by atoms with Crippen LogP contribution in [0, 0.1) is 0 Å². The van der Waals surface area contributed by atoms with Crippen molar-refractivity contribution in [2.45, 2.75) is 44.2 Å². The van der Waals surface area contributed by atoms with Crippen LogP contribution >= 0.6 is 24.0 Å². The minimum atomic E-state index is 0. The summed E-state index contributed by atoms with van der Waals surface area (Å²) < 4.78 is 5.87. The number of amides is 1. The van der Waals surface area contributed by atoms with Gasteiger partial charge in [0.1, 0.15) is 6.61 Å². The van der Waals surface area contributed by atoms with Crippen molar-refractivity contribution in [2.24, 2.45) is 0 Å². The Morgan fingerprint density at radius 2 is 2.08 bits per heavy atom. The molecule has 4 nitrogen and oxygen atoms in total. The molecule has 6 heteroatoms. The van der Waals surface area contributed by atoms with E-state index in [0.717, 1.165) is 31.5 Å². The fraction of sp³-hybridized carbons (Fsp3) is 0.611. The van der Waals surface area contributed by atoms with Crippen LogP contribution in [0.15, 0.2) is 24.3 Å². The molecule has 1 aromatic carbocycles. The van der Waals surface area contributed by atoms with Gasteiger partial charge in [-0.2, -0.15) is 0 Å². The largest absolute Gasteiger partial charge is 0.368 e. The van der Waals surface area contributed by atoms with Gasteiger partial charge >= 0.3 is 0 Å². The number of nitrogens with one attached hydrogen (secondary N) is 1. The zero-order valence-electron chi connectivity index (χ0n) is 13.9. The molecule has 1 saturated heterocycles. The maximum Gasteiger partial charge on any atom is 0.249 e. The summed E-state index contributed by atoms with van der Waals surface area (Å²) in [6.07, 6.45) is 6.18. The van der Waals surface area contributed by atoms with Crippen molar-refractivity contribution in [1.82, 2.24) is 10.2 Å². The van der Waals surface area contributed by atoms with E-state index >= 15 is 0 Å². The highest BCUT2D eigenvalue weighted by Crippen LogP contribution is 2.25. The normalized spacial score (nSPS) is 22.0. The van der Waals surface area contributed by atoms with Crippen LogP contribution in [-0.4, -0.2) is 43.2 Å². The molecule has 0 aromatic heterocycles. The maximum absolute atomic E-state index is 12.6. The number of halogens is 2. The average molecular weight is 373 g/mol. The van der Waals surface area contributed by atoms with Crippen LogP contribution in [0.5, 0.6) is 0 Å². The molecule has 1 amide bonds. The number of hydrogen-bond donors (Lipinski definition) is 1. The molecule has 134 valence electrons. The molecule has 2 aliphatic rings. The summed E-state index contributed by atoms with van der Waals surface area (Å²) in [4.78, 5) is 14.6. The van der Waals surface area contributed by atoms with Crippen molar-refractivity contribution in [3.8, 4) is 0 Å². The average Bonchev–Trinajstić information content (AvgIpc) is 2.60. The molecule has 1 aromatic rings. The van der Waals surface area contributed by atoms with Gasteiger partial charge in [-0.3, -0.25) is 4.79 Å². The summed E-state index contributed by atoms with van der Waals surface area (Å²) in [6.45, 7) is 2.49. The Hall–Kier alpha value is -0.810. The van der Waals surface area contributed by atoms with Gasteiger partial charge in [0, 0.05) is 24.7 Å². The highest BCUT2D eigenvalue weighted by atomic mass is 35.5. The lowest BCUT2D eigenvalue weighted by atomic mass is 9.98. The van der Waals surface area contributed by atoms with Crippen molar-refractivity contribution < 1.29 is 9.53 Å². The molecule has 1 atom stereocenters. The third kappa shape index (κ3) is 5.09. The van der Waals surface area contributed by atoms with Crippen molar-refractivity contribution in [1.29, 1.82) is 0 Å². The molecule has 24 heavy (non-hydrogen) atoms. The number of hydrogen-bond acceptors (Lipinski definition) is 3. The molecule has 0 radical (unpaired) electrons. The van der Waals surface area contributed by atoms with E-state index in [2.05, 4.69) is 5.32 Å². The number of piperazine rings is 1. The summed E-state index contributed by atoms with van der Waals surface area (Å²) in [5.41, 5.74) is 1.08. The van der Waals surface area contributed by atoms with Crippen LogP contribution in [0.2, 0.25) is 5.02 Å². The van der Waals surface area contributed by atoms with Gasteiger partial charge in [-0.05, 0) is 30.5 Å². The number of carbonyl (C=O) groups excluding carboxylic acids is 1. The number of benzene rings is 1. The minimum absolute atomic E-state index is 0. The molecule has 0 spiro atoms. The van der Waals surface area contributed by atoms with E-state index in [9.17, 15) is 4.79 Å². The summed E-state index contributed by atoms with van der Waals surface area (Å²) in [6, 6.07) is 7.81. The molecule has 3 rings (SSSR count). The lowest BCUT2D eigenvalue weighted by molar-refractivity contribution is -0.142. The predicted molar refractivity (Wildman–Crippen MR) is 98.8 cm³/mol. The summed E-state index contributed by atoms with van der Waals surface area (Å²) in [5.74, 6) is 0.0852. The summed E-state index contributed by atoms with van der Waals surface area (Å²) in [7, 11) is 0. The Labute approximate surface area is 155 Å². The van der Waals surface area contributed by atoms with E-state index < -0.39 is 0 Å². The Kier molecular flexibility index (Phi) is 7.82. The molecule has 2 fully saturated rings. The molecule has 0 bridgehead atoms. The first-order chi connectivity index (χ1) is 11.2. The van der Waals surface area contributed by atoms with Crippen molar-refractivity contribution in [2.75, 3.05) is 26.2 Å². The third-order valence-corrected chi connectivity index (χ3v) is 5.03. The monoisotopic (exact) mass is 372 g/mol.